The fourth-order valence-corrected chi connectivity index (χ4v) is 2.90. The molecule has 2 aromatic rings. The Hall–Kier alpha value is -2.15. The minimum atomic E-state index is -0.0702. The number of pyridine rings is 1. The molecule has 22 heavy (non-hydrogen) atoms. The van der Waals surface area contributed by atoms with Crippen molar-refractivity contribution in [3.63, 3.8) is 0 Å². The minimum absolute atomic E-state index is 0.0702. The van der Waals surface area contributed by atoms with Crippen LogP contribution in [0.5, 0.6) is 0 Å². The van der Waals surface area contributed by atoms with Gasteiger partial charge in [0.05, 0.1) is 29.4 Å². The number of aromatic nitrogens is 4. The van der Waals surface area contributed by atoms with Gasteiger partial charge in [0.1, 0.15) is 5.82 Å². The number of carbonyl (C=O) groups is 1. The number of nitrogens with zero attached hydrogens (tertiary/aromatic N) is 5. The number of halogens is 1. The van der Waals surface area contributed by atoms with Crippen LogP contribution in [0.3, 0.4) is 0 Å². The van der Waals surface area contributed by atoms with Crippen LogP contribution in [-0.2, 0) is 6.54 Å². The van der Waals surface area contributed by atoms with E-state index in [1.54, 1.807) is 23.1 Å². The van der Waals surface area contributed by atoms with Crippen molar-refractivity contribution in [3.05, 3.63) is 35.2 Å². The van der Waals surface area contributed by atoms with E-state index in [1.807, 2.05) is 4.90 Å². The molecule has 1 saturated heterocycles. The summed E-state index contributed by atoms with van der Waals surface area (Å²) in [7, 11) is 0. The topological polar surface area (TPSA) is 89.9 Å². The van der Waals surface area contributed by atoms with Crippen LogP contribution in [0, 0.1) is 0 Å². The highest BCUT2D eigenvalue weighted by atomic mass is 35.5. The van der Waals surface area contributed by atoms with Gasteiger partial charge < -0.3 is 10.6 Å². The van der Waals surface area contributed by atoms with Gasteiger partial charge in [-0.3, -0.25) is 9.48 Å². The molecule has 1 fully saturated rings. The third kappa shape index (κ3) is 3.04. The monoisotopic (exact) mass is 320 g/mol. The summed E-state index contributed by atoms with van der Waals surface area (Å²) in [6.07, 6.45) is 7.96. The predicted molar refractivity (Wildman–Crippen MR) is 82.4 cm³/mol. The molecule has 1 unspecified atom stereocenters. The lowest BCUT2D eigenvalue weighted by atomic mass is 10.0. The first-order valence-corrected chi connectivity index (χ1v) is 7.59. The van der Waals surface area contributed by atoms with Gasteiger partial charge in [0, 0.05) is 18.9 Å². The smallest absolute Gasteiger partial charge is 0.255 e. The zero-order chi connectivity index (χ0) is 15.5. The molecule has 0 aliphatic carbocycles. The second kappa shape index (κ2) is 6.31. The maximum Gasteiger partial charge on any atom is 0.255 e. The zero-order valence-corrected chi connectivity index (χ0v) is 12.8. The van der Waals surface area contributed by atoms with E-state index in [0.717, 1.165) is 25.8 Å². The molecular weight excluding hydrogens is 304 g/mol. The minimum Gasteiger partial charge on any atom is -0.382 e. The van der Waals surface area contributed by atoms with Gasteiger partial charge in [0.15, 0.2) is 0 Å². The van der Waals surface area contributed by atoms with E-state index in [-0.39, 0.29) is 17.8 Å². The van der Waals surface area contributed by atoms with E-state index in [9.17, 15) is 4.79 Å². The second-order valence-corrected chi connectivity index (χ2v) is 5.77. The van der Waals surface area contributed by atoms with E-state index >= 15 is 0 Å². The van der Waals surface area contributed by atoms with E-state index in [4.69, 9.17) is 17.3 Å². The number of nitrogens with two attached hydrogens (primary N) is 1. The molecule has 1 aliphatic rings. The summed E-state index contributed by atoms with van der Waals surface area (Å²) in [4.78, 5) is 18.6. The maximum atomic E-state index is 12.7. The molecule has 0 aromatic carbocycles. The van der Waals surface area contributed by atoms with Crippen LogP contribution in [-0.4, -0.2) is 43.4 Å². The van der Waals surface area contributed by atoms with Crippen molar-refractivity contribution in [3.8, 4) is 0 Å². The summed E-state index contributed by atoms with van der Waals surface area (Å²) < 4.78 is 1.75. The number of carbonyl (C=O) groups excluding carboxylic acids is 1. The Labute approximate surface area is 133 Å². The Morgan fingerprint density at radius 1 is 1.45 bits per heavy atom. The first kappa shape index (κ1) is 14.8. The highest BCUT2D eigenvalue weighted by Gasteiger charge is 2.28. The van der Waals surface area contributed by atoms with Crippen LogP contribution in [0.1, 0.15) is 29.6 Å². The molecule has 1 aliphatic heterocycles. The summed E-state index contributed by atoms with van der Waals surface area (Å²) >= 11 is 5.97. The van der Waals surface area contributed by atoms with E-state index in [2.05, 4.69) is 15.3 Å². The molecular formula is C14H17ClN6O. The number of anilines is 1. The van der Waals surface area contributed by atoms with Crippen molar-refractivity contribution in [1.82, 2.24) is 24.9 Å². The van der Waals surface area contributed by atoms with Gasteiger partial charge in [-0.05, 0) is 25.3 Å². The lowest BCUT2D eigenvalue weighted by Gasteiger charge is -2.35. The van der Waals surface area contributed by atoms with Gasteiger partial charge in [-0.1, -0.05) is 16.8 Å². The Balaban J connectivity index is 1.80. The molecule has 1 amide bonds. The SMILES string of the molecule is Nc1ncc(C(=O)N2CCCCC2Cn2ccnn2)cc1Cl. The number of nitrogen functional groups attached to an aromatic ring is 1. The number of hydrogen-bond donors (Lipinski definition) is 1. The first-order valence-electron chi connectivity index (χ1n) is 7.21. The number of hydrogen-bond acceptors (Lipinski definition) is 5. The number of amides is 1. The number of rotatable bonds is 3. The van der Waals surface area contributed by atoms with Gasteiger partial charge in [0.2, 0.25) is 0 Å². The Morgan fingerprint density at radius 3 is 3.05 bits per heavy atom. The van der Waals surface area contributed by atoms with Gasteiger partial charge in [-0.15, -0.1) is 5.10 Å². The third-order valence-electron chi connectivity index (χ3n) is 3.87. The molecule has 0 saturated carbocycles. The highest BCUT2D eigenvalue weighted by molar-refractivity contribution is 6.33. The van der Waals surface area contributed by atoms with E-state index in [1.165, 1.54) is 6.20 Å². The number of likely N-dealkylation sites (tertiary alicyclic amines) is 1. The first-order chi connectivity index (χ1) is 10.6. The van der Waals surface area contributed by atoms with Crippen LogP contribution in [0.25, 0.3) is 0 Å². The molecule has 7 nitrogen and oxygen atoms in total. The number of piperidine rings is 1. The molecule has 116 valence electrons. The van der Waals surface area contributed by atoms with Gasteiger partial charge in [0.25, 0.3) is 5.91 Å². The quantitative estimate of drug-likeness (QED) is 0.927. The lowest BCUT2D eigenvalue weighted by Crippen LogP contribution is -2.46. The summed E-state index contributed by atoms with van der Waals surface area (Å²) in [5.41, 5.74) is 6.06. The Kier molecular flexibility index (Phi) is 4.24. The second-order valence-electron chi connectivity index (χ2n) is 5.36. The standard InChI is InChI=1S/C14H17ClN6O/c15-12-7-10(8-17-13(12)16)14(22)21-5-2-1-3-11(21)9-20-6-4-18-19-20/h4,6-8,11H,1-3,5,9H2,(H2,16,17). The fourth-order valence-electron chi connectivity index (χ4n) is 2.74. The average molecular weight is 321 g/mol. The van der Waals surface area contributed by atoms with Crippen molar-refractivity contribution >= 4 is 23.3 Å². The molecule has 2 N–H and O–H groups in total. The summed E-state index contributed by atoms with van der Waals surface area (Å²) in [6.45, 7) is 1.36. The molecule has 8 heteroatoms. The molecule has 2 aromatic heterocycles. The van der Waals surface area contributed by atoms with Gasteiger partial charge in [-0.25, -0.2) is 4.98 Å². The Morgan fingerprint density at radius 2 is 2.32 bits per heavy atom. The van der Waals surface area contributed by atoms with Crippen molar-refractivity contribution in [2.45, 2.75) is 31.8 Å². The van der Waals surface area contributed by atoms with Gasteiger partial charge >= 0.3 is 0 Å². The maximum absolute atomic E-state index is 12.7. The third-order valence-corrected chi connectivity index (χ3v) is 4.18. The summed E-state index contributed by atoms with van der Waals surface area (Å²) in [6, 6.07) is 1.67. The van der Waals surface area contributed by atoms with Crippen molar-refractivity contribution in [2.75, 3.05) is 12.3 Å². The molecule has 3 heterocycles. The van der Waals surface area contributed by atoms with Crippen molar-refractivity contribution < 1.29 is 4.79 Å². The molecule has 0 bridgehead atoms. The summed E-state index contributed by atoms with van der Waals surface area (Å²) in [5, 5.41) is 8.09. The van der Waals surface area contributed by atoms with Crippen LogP contribution in [0.15, 0.2) is 24.7 Å². The zero-order valence-electron chi connectivity index (χ0n) is 12.0. The molecule has 0 radical (unpaired) electrons. The normalized spacial score (nSPS) is 18.4. The Bertz CT molecular complexity index is 659. The van der Waals surface area contributed by atoms with Crippen molar-refractivity contribution in [2.24, 2.45) is 0 Å². The van der Waals surface area contributed by atoms with Gasteiger partial charge in [-0.2, -0.15) is 0 Å². The van der Waals surface area contributed by atoms with Crippen LogP contribution in [0.2, 0.25) is 5.02 Å². The van der Waals surface area contributed by atoms with E-state index in [0.29, 0.717) is 17.1 Å². The van der Waals surface area contributed by atoms with Crippen LogP contribution in [0.4, 0.5) is 5.82 Å². The predicted octanol–water partition coefficient (Wildman–Crippen LogP) is 1.60. The molecule has 0 spiro atoms. The average Bonchev–Trinajstić information content (AvgIpc) is 3.03. The van der Waals surface area contributed by atoms with Crippen LogP contribution >= 0.6 is 11.6 Å². The van der Waals surface area contributed by atoms with Crippen LogP contribution < -0.4 is 5.73 Å². The highest BCUT2D eigenvalue weighted by Crippen LogP contribution is 2.23. The fraction of sp³-hybridized carbons (Fsp3) is 0.429. The largest absolute Gasteiger partial charge is 0.382 e. The molecule has 3 rings (SSSR count). The van der Waals surface area contributed by atoms with E-state index < -0.39 is 0 Å². The lowest BCUT2D eigenvalue weighted by molar-refractivity contribution is 0.0582. The molecule has 1 atom stereocenters. The van der Waals surface area contributed by atoms with Crippen molar-refractivity contribution in [1.29, 1.82) is 0 Å². The summed E-state index contributed by atoms with van der Waals surface area (Å²) in [5.74, 6) is 0.162.